The second kappa shape index (κ2) is 6.49. The number of rotatable bonds is 8. The average Bonchev–Trinajstić information content (AvgIpc) is 3.18. The summed E-state index contributed by atoms with van der Waals surface area (Å²) in [6.45, 7) is 3.97. The monoisotopic (exact) mass is 265 g/mol. The number of ether oxygens (including phenoxy) is 1. The zero-order valence-electron chi connectivity index (χ0n) is 11.9. The fourth-order valence-electron chi connectivity index (χ4n) is 2.57. The molecule has 1 fully saturated rings. The van der Waals surface area contributed by atoms with Crippen molar-refractivity contribution in [3.8, 4) is 0 Å². The highest BCUT2D eigenvalue weighted by atomic mass is 19.1. The molecular weight excluding hydrogens is 241 g/mol. The summed E-state index contributed by atoms with van der Waals surface area (Å²) in [5, 5.41) is 3.60. The molecule has 1 unspecified atom stereocenters. The molecule has 0 saturated heterocycles. The van der Waals surface area contributed by atoms with Crippen molar-refractivity contribution in [2.24, 2.45) is 5.41 Å². The molecule has 1 saturated carbocycles. The van der Waals surface area contributed by atoms with Crippen LogP contribution in [-0.4, -0.2) is 20.3 Å². The average molecular weight is 265 g/mol. The summed E-state index contributed by atoms with van der Waals surface area (Å²) < 4.78 is 18.4. The van der Waals surface area contributed by atoms with Gasteiger partial charge < -0.3 is 10.1 Å². The lowest BCUT2D eigenvalue weighted by Crippen LogP contribution is -2.28. The Kier molecular flexibility index (Phi) is 4.94. The van der Waals surface area contributed by atoms with Crippen molar-refractivity contribution in [1.82, 2.24) is 5.32 Å². The highest BCUT2D eigenvalue weighted by Crippen LogP contribution is 2.48. The minimum absolute atomic E-state index is 0.154. The molecule has 1 N–H and O–H groups in total. The van der Waals surface area contributed by atoms with E-state index < -0.39 is 0 Å². The Balaban J connectivity index is 1.89. The zero-order valence-corrected chi connectivity index (χ0v) is 11.9. The van der Waals surface area contributed by atoms with Gasteiger partial charge in [-0.1, -0.05) is 19.1 Å². The van der Waals surface area contributed by atoms with Gasteiger partial charge in [0.15, 0.2) is 0 Å². The molecule has 2 nitrogen and oxygen atoms in total. The van der Waals surface area contributed by atoms with Crippen molar-refractivity contribution in [2.75, 3.05) is 20.3 Å². The highest BCUT2D eigenvalue weighted by Gasteiger charge is 2.41. The van der Waals surface area contributed by atoms with Crippen LogP contribution in [0.4, 0.5) is 4.39 Å². The van der Waals surface area contributed by atoms with Crippen molar-refractivity contribution in [1.29, 1.82) is 0 Å². The van der Waals surface area contributed by atoms with Crippen LogP contribution < -0.4 is 5.32 Å². The van der Waals surface area contributed by atoms with Gasteiger partial charge in [-0.2, -0.15) is 0 Å². The Morgan fingerprint density at radius 1 is 1.42 bits per heavy atom. The Morgan fingerprint density at radius 3 is 2.79 bits per heavy atom. The summed E-state index contributed by atoms with van der Waals surface area (Å²) in [4.78, 5) is 0. The summed E-state index contributed by atoms with van der Waals surface area (Å²) in [6.07, 6.45) is 4.66. The van der Waals surface area contributed by atoms with Crippen LogP contribution >= 0.6 is 0 Å². The van der Waals surface area contributed by atoms with E-state index in [1.807, 2.05) is 6.07 Å². The molecule has 1 atom stereocenters. The molecule has 0 bridgehead atoms. The molecule has 1 aliphatic carbocycles. The molecule has 0 heterocycles. The molecule has 19 heavy (non-hydrogen) atoms. The van der Waals surface area contributed by atoms with E-state index >= 15 is 0 Å². The fraction of sp³-hybridized carbons (Fsp3) is 0.625. The van der Waals surface area contributed by atoms with Gasteiger partial charge in [0.1, 0.15) is 5.82 Å². The van der Waals surface area contributed by atoms with Crippen molar-refractivity contribution in [3.63, 3.8) is 0 Å². The Bertz CT molecular complexity index is 403. The Hall–Kier alpha value is -0.930. The number of nitrogens with one attached hydrogen (secondary N) is 1. The highest BCUT2D eigenvalue weighted by molar-refractivity contribution is 5.20. The van der Waals surface area contributed by atoms with Crippen molar-refractivity contribution in [3.05, 3.63) is 35.6 Å². The van der Waals surface area contributed by atoms with Gasteiger partial charge >= 0.3 is 0 Å². The molecule has 1 aromatic carbocycles. The number of hydrogen-bond acceptors (Lipinski definition) is 2. The summed E-state index contributed by atoms with van der Waals surface area (Å²) >= 11 is 0. The first-order chi connectivity index (χ1) is 9.19. The topological polar surface area (TPSA) is 21.3 Å². The molecule has 3 heteroatoms. The molecule has 1 aliphatic rings. The third-order valence-electron chi connectivity index (χ3n) is 4.18. The fourth-order valence-corrected chi connectivity index (χ4v) is 2.57. The van der Waals surface area contributed by atoms with Gasteiger partial charge in [-0.05, 0) is 48.8 Å². The zero-order chi connectivity index (χ0) is 13.7. The van der Waals surface area contributed by atoms with Gasteiger partial charge in [0, 0.05) is 26.3 Å². The van der Waals surface area contributed by atoms with Gasteiger partial charge in [-0.25, -0.2) is 4.39 Å². The largest absolute Gasteiger partial charge is 0.385 e. The van der Waals surface area contributed by atoms with Crippen LogP contribution in [0.5, 0.6) is 0 Å². The van der Waals surface area contributed by atoms with E-state index in [1.165, 1.54) is 18.9 Å². The van der Waals surface area contributed by atoms with Crippen LogP contribution in [0.25, 0.3) is 0 Å². The van der Waals surface area contributed by atoms with Crippen LogP contribution in [0.1, 0.15) is 44.2 Å². The second-order valence-corrected chi connectivity index (χ2v) is 5.64. The molecule has 0 aromatic heterocycles. The van der Waals surface area contributed by atoms with Crippen molar-refractivity contribution >= 4 is 0 Å². The van der Waals surface area contributed by atoms with Crippen LogP contribution in [0, 0.1) is 11.2 Å². The van der Waals surface area contributed by atoms with E-state index in [-0.39, 0.29) is 11.9 Å². The van der Waals surface area contributed by atoms with E-state index in [4.69, 9.17) is 4.74 Å². The Morgan fingerprint density at radius 2 is 2.21 bits per heavy atom. The summed E-state index contributed by atoms with van der Waals surface area (Å²) in [7, 11) is 1.76. The van der Waals surface area contributed by atoms with E-state index in [0.717, 1.165) is 31.6 Å². The minimum Gasteiger partial charge on any atom is -0.385 e. The lowest BCUT2D eigenvalue weighted by Gasteiger charge is -2.22. The standard InChI is InChI=1S/C16H24FNO/c1-3-15(13-5-4-6-14(17)11-13)18-12-16(7-8-16)9-10-19-2/h4-6,11,15,18H,3,7-10,12H2,1-2H3. The van der Waals surface area contributed by atoms with Gasteiger partial charge in [-0.3, -0.25) is 0 Å². The number of benzene rings is 1. The van der Waals surface area contributed by atoms with E-state index in [2.05, 4.69) is 12.2 Å². The second-order valence-electron chi connectivity index (χ2n) is 5.64. The van der Waals surface area contributed by atoms with Gasteiger partial charge in [0.25, 0.3) is 0 Å². The summed E-state index contributed by atoms with van der Waals surface area (Å²) in [6, 6.07) is 7.16. The normalized spacial score (nSPS) is 18.3. The molecule has 2 rings (SSSR count). The smallest absolute Gasteiger partial charge is 0.123 e. The third-order valence-corrected chi connectivity index (χ3v) is 4.18. The lowest BCUT2D eigenvalue weighted by atomic mass is 10.00. The maximum atomic E-state index is 13.3. The molecule has 0 aliphatic heterocycles. The molecule has 0 amide bonds. The van der Waals surface area contributed by atoms with Crippen molar-refractivity contribution < 1.29 is 9.13 Å². The van der Waals surface area contributed by atoms with Gasteiger partial charge in [0.05, 0.1) is 0 Å². The van der Waals surface area contributed by atoms with Crippen LogP contribution in [0.15, 0.2) is 24.3 Å². The maximum Gasteiger partial charge on any atom is 0.123 e. The molecular formula is C16H24FNO. The first kappa shape index (κ1) is 14.5. The van der Waals surface area contributed by atoms with E-state index in [9.17, 15) is 4.39 Å². The van der Waals surface area contributed by atoms with Crippen LogP contribution in [0.3, 0.4) is 0 Å². The number of halogens is 1. The number of hydrogen-bond donors (Lipinski definition) is 1. The predicted octanol–water partition coefficient (Wildman–Crippen LogP) is 3.68. The van der Waals surface area contributed by atoms with E-state index in [1.54, 1.807) is 19.2 Å². The molecule has 106 valence electrons. The predicted molar refractivity (Wildman–Crippen MR) is 75.6 cm³/mol. The molecule has 0 radical (unpaired) electrons. The van der Waals surface area contributed by atoms with Gasteiger partial charge in [-0.15, -0.1) is 0 Å². The summed E-state index contributed by atoms with van der Waals surface area (Å²) in [5.41, 5.74) is 1.47. The van der Waals surface area contributed by atoms with Crippen LogP contribution in [0.2, 0.25) is 0 Å². The third kappa shape index (κ3) is 4.02. The van der Waals surface area contributed by atoms with Crippen molar-refractivity contribution in [2.45, 2.75) is 38.6 Å². The maximum absolute atomic E-state index is 13.3. The van der Waals surface area contributed by atoms with E-state index in [0.29, 0.717) is 5.41 Å². The van der Waals surface area contributed by atoms with Gasteiger partial charge in [0.2, 0.25) is 0 Å². The molecule has 1 aromatic rings. The Labute approximate surface area is 115 Å². The quantitative estimate of drug-likeness (QED) is 0.774. The SMILES string of the molecule is CCC(NCC1(CCOC)CC1)c1cccc(F)c1. The minimum atomic E-state index is -0.154. The summed E-state index contributed by atoms with van der Waals surface area (Å²) in [5.74, 6) is -0.154. The first-order valence-corrected chi connectivity index (χ1v) is 7.17. The first-order valence-electron chi connectivity index (χ1n) is 7.17. The van der Waals surface area contributed by atoms with Crippen LogP contribution in [-0.2, 0) is 4.74 Å². The number of methoxy groups -OCH3 is 1. The molecule has 0 spiro atoms. The lowest BCUT2D eigenvalue weighted by molar-refractivity contribution is 0.170.